The summed E-state index contributed by atoms with van der Waals surface area (Å²) in [4.78, 5) is 6.49. The largest absolute Gasteiger partial charge is 0.299 e. The molecule has 3 rings (SSSR count). The zero-order chi connectivity index (χ0) is 14.8. The van der Waals surface area contributed by atoms with Crippen molar-refractivity contribution < 1.29 is 0 Å². The van der Waals surface area contributed by atoms with E-state index in [9.17, 15) is 0 Å². The van der Waals surface area contributed by atoms with Crippen LogP contribution in [0.1, 0.15) is 17.5 Å². The highest BCUT2D eigenvalue weighted by Gasteiger charge is 2.44. The van der Waals surface area contributed by atoms with Gasteiger partial charge in [-0.15, -0.1) is 0 Å². The molecule has 0 bridgehead atoms. The van der Waals surface area contributed by atoms with E-state index in [0.717, 1.165) is 29.5 Å². The van der Waals surface area contributed by atoms with E-state index in [4.69, 9.17) is 5.26 Å². The molecule has 1 aliphatic carbocycles. The number of piperidine rings is 1. The molecular weight excluding hydrogens is 258 g/mol. The van der Waals surface area contributed by atoms with Gasteiger partial charge in [0.25, 0.3) is 0 Å². The van der Waals surface area contributed by atoms with Crippen LogP contribution in [0.5, 0.6) is 0 Å². The second-order valence-corrected chi connectivity index (χ2v) is 5.99. The Morgan fingerprint density at radius 3 is 2.57 bits per heavy atom. The van der Waals surface area contributed by atoms with Gasteiger partial charge in [-0.1, -0.05) is 37.4 Å². The van der Waals surface area contributed by atoms with E-state index in [1.165, 1.54) is 25.1 Å². The van der Waals surface area contributed by atoms with E-state index in [0.29, 0.717) is 0 Å². The SMILES string of the molecule is C=C(C#N)N=CC(=C)c1ccc(CN2CC3CC3C2)cc1. The molecule has 21 heavy (non-hydrogen) atoms. The Hall–Kier alpha value is -2.18. The van der Waals surface area contributed by atoms with Gasteiger partial charge in [0.15, 0.2) is 0 Å². The molecule has 1 aliphatic heterocycles. The Kier molecular flexibility index (Phi) is 3.72. The van der Waals surface area contributed by atoms with Gasteiger partial charge in [-0.3, -0.25) is 4.90 Å². The highest BCUT2D eigenvalue weighted by atomic mass is 15.2. The monoisotopic (exact) mass is 277 g/mol. The third-order valence-electron chi connectivity index (χ3n) is 4.29. The maximum absolute atomic E-state index is 8.61. The first-order valence-corrected chi connectivity index (χ1v) is 7.29. The van der Waals surface area contributed by atoms with Crippen LogP contribution in [0.4, 0.5) is 0 Å². The first kappa shape index (κ1) is 13.8. The molecule has 106 valence electrons. The highest BCUT2D eigenvalue weighted by molar-refractivity contribution is 6.09. The lowest BCUT2D eigenvalue weighted by Crippen LogP contribution is -2.21. The van der Waals surface area contributed by atoms with Gasteiger partial charge in [-0.2, -0.15) is 5.26 Å². The standard InChI is InChI=1S/C18H19N3/c1-13(9-20-14(2)8-19)16-5-3-15(4-6-16)10-21-11-17-7-18(17)12-21/h3-6,9,17-18H,1-2,7,10-12H2. The number of hydrogen-bond acceptors (Lipinski definition) is 3. The number of rotatable bonds is 5. The van der Waals surface area contributed by atoms with Crippen molar-refractivity contribution in [2.45, 2.75) is 13.0 Å². The fraction of sp³-hybridized carbons (Fsp3) is 0.333. The van der Waals surface area contributed by atoms with Crippen molar-refractivity contribution in [2.75, 3.05) is 13.1 Å². The van der Waals surface area contributed by atoms with Crippen LogP contribution >= 0.6 is 0 Å². The van der Waals surface area contributed by atoms with Gasteiger partial charge in [0.1, 0.15) is 11.8 Å². The van der Waals surface area contributed by atoms with Gasteiger partial charge in [-0.25, -0.2) is 4.99 Å². The molecule has 1 aromatic rings. The maximum atomic E-state index is 8.61. The lowest BCUT2D eigenvalue weighted by atomic mass is 10.1. The summed E-state index contributed by atoms with van der Waals surface area (Å²) in [6.45, 7) is 11.1. The lowest BCUT2D eigenvalue weighted by molar-refractivity contribution is 0.297. The van der Waals surface area contributed by atoms with Crippen LogP contribution in [-0.2, 0) is 6.54 Å². The van der Waals surface area contributed by atoms with Crippen molar-refractivity contribution in [1.82, 2.24) is 4.90 Å². The number of nitriles is 1. The van der Waals surface area contributed by atoms with E-state index >= 15 is 0 Å². The summed E-state index contributed by atoms with van der Waals surface area (Å²) in [6, 6.07) is 10.3. The molecule has 1 heterocycles. The normalized spacial score (nSPS) is 23.8. The quantitative estimate of drug-likeness (QED) is 0.612. The Bertz CT molecular complexity index is 623. The molecule has 2 unspecified atom stereocenters. The lowest BCUT2D eigenvalue weighted by Gasteiger charge is -2.17. The Morgan fingerprint density at radius 2 is 1.95 bits per heavy atom. The summed E-state index contributed by atoms with van der Waals surface area (Å²) in [7, 11) is 0. The molecule has 3 nitrogen and oxygen atoms in total. The minimum absolute atomic E-state index is 0.195. The molecule has 0 amide bonds. The van der Waals surface area contributed by atoms with Gasteiger partial charge in [0.2, 0.25) is 0 Å². The Morgan fingerprint density at radius 1 is 1.29 bits per heavy atom. The average molecular weight is 277 g/mol. The van der Waals surface area contributed by atoms with Gasteiger partial charge >= 0.3 is 0 Å². The third-order valence-corrected chi connectivity index (χ3v) is 4.29. The third kappa shape index (κ3) is 3.29. The van der Waals surface area contributed by atoms with Crippen molar-refractivity contribution in [1.29, 1.82) is 5.26 Å². The molecule has 2 aliphatic rings. The molecule has 0 aromatic heterocycles. The van der Waals surface area contributed by atoms with Crippen LogP contribution in [0.25, 0.3) is 5.57 Å². The fourth-order valence-electron chi connectivity index (χ4n) is 2.97. The number of allylic oxidation sites excluding steroid dienone is 2. The second kappa shape index (κ2) is 5.67. The van der Waals surface area contributed by atoms with Crippen LogP contribution in [0.15, 0.2) is 48.1 Å². The molecule has 0 N–H and O–H groups in total. The summed E-state index contributed by atoms with van der Waals surface area (Å²) in [5, 5.41) is 8.61. The fourth-order valence-corrected chi connectivity index (χ4v) is 2.97. The van der Waals surface area contributed by atoms with Crippen LogP contribution in [0.2, 0.25) is 0 Å². The second-order valence-electron chi connectivity index (χ2n) is 5.99. The minimum Gasteiger partial charge on any atom is -0.299 e. The van der Waals surface area contributed by atoms with Crippen LogP contribution < -0.4 is 0 Å². The minimum atomic E-state index is 0.195. The number of likely N-dealkylation sites (tertiary alicyclic amines) is 1. The molecule has 1 aromatic carbocycles. The van der Waals surface area contributed by atoms with Crippen LogP contribution in [-0.4, -0.2) is 24.2 Å². The number of aliphatic imine (C=N–C) groups is 1. The molecule has 0 spiro atoms. The summed E-state index contributed by atoms with van der Waals surface area (Å²) >= 11 is 0. The molecule has 2 atom stereocenters. The predicted molar refractivity (Wildman–Crippen MR) is 85.6 cm³/mol. The summed E-state index contributed by atoms with van der Waals surface area (Å²) in [5.41, 5.74) is 3.35. The number of nitrogens with zero attached hydrogens (tertiary/aromatic N) is 3. The average Bonchev–Trinajstić information content (AvgIpc) is 3.12. The van der Waals surface area contributed by atoms with E-state index in [2.05, 4.69) is 47.3 Å². The van der Waals surface area contributed by atoms with Crippen molar-refractivity contribution in [3.8, 4) is 6.07 Å². The Labute approximate surface area is 125 Å². The molecular formula is C18H19N3. The van der Waals surface area contributed by atoms with Gasteiger partial charge in [0.05, 0.1) is 0 Å². The number of fused-ring (bicyclic) bond motifs is 1. The highest BCUT2D eigenvalue weighted by Crippen LogP contribution is 2.45. The predicted octanol–water partition coefficient (Wildman–Crippen LogP) is 3.26. The van der Waals surface area contributed by atoms with E-state index in [1.807, 2.05) is 6.07 Å². The zero-order valence-corrected chi connectivity index (χ0v) is 12.1. The van der Waals surface area contributed by atoms with E-state index in [1.54, 1.807) is 6.21 Å². The molecule has 2 fully saturated rings. The maximum Gasteiger partial charge on any atom is 0.133 e. The molecule has 1 saturated carbocycles. The topological polar surface area (TPSA) is 39.4 Å². The zero-order valence-electron chi connectivity index (χ0n) is 12.1. The van der Waals surface area contributed by atoms with Crippen molar-refractivity contribution in [2.24, 2.45) is 16.8 Å². The first-order valence-electron chi connectivity index (χ1n) is 7.29. The van der Waals surface area contributed by atoms with E-state index < -0.39 is 0 Å². The van der Waals surface area contributed by atoms with Crippen molar-refractivity contribution in [3.05, 3.63) is 54.2 Å². The van der Waals surface area contributed by atoms with Crippen LogP contribution in [0, 0.1) is 23.2 Å². The summed E-state index contributed by atoms with van der Waals surface area (Å²) in [6.07, 6.45) is 3.04. The first-order chi connectivity index (χ1) is 10.2. The summed E-state index contributed by atoms with van der Waals surface area (Å²) < 4.78 is 0. The molecule has 1 saturated heterocycles. The summed E-state index contributed by atoms with van der Waals surface area (Å²) in [5.74, 6) is 1.96. The van der Waals surface area contributed by atoms with Gasteiger partial charge < -0.3 is 0 Å². The van der Waals surface area contributed by atoms with Crippen molar-refractivity contribution in [3.63, 3.8) is 0 Å². The Balaban J connectivity index is 1.58. The van der Waals surface area contributed by atoms with Gasteiger partial charge in [-0.05, 0) is 35.0 Å². The number of hydrogen-bond donors (Lipinski definition) is 0. The molecule has 0 radical (unpaired) electrons. The van der Waals surface area contributed by atoms with Crippen LogP contribution in [0.3, 0.4) is 0 Å². The smallest absolute Gasteiger partial charge is 0.133 e. The van der Waals surface area contributed by atoms with Gasteiger partial charge in [0, 0.05) is 25.8 Å². The van der Waals surface area contributed by atoms with Crippen molar-refractivity contribution >= 4 is 11.8 Å². The molecule has 3 heteroatoms. The number of benzene rings is 1. The van der Waals surface area contributed by atoms with E-state index in [-0.39, 0.29) is 5.70 Å².